The summed E-state index contributed by atoms with van der Waals surface area (Å²) in [6.45, 7) is 1.91. The monoisotopic (exact) mass is 282 g/mol. The van der Waals surface area contributed by atoms with Crippen molar-refractivity contribution in [2.45, 2.75) is 25.4 Å². The molecular weight excluding hydrogens is 264 g/mol. The van der Waals surface area contributed by atoms with Crippen molar-refractivity contribution in [2.24, 2.45) is 0 Å². The summed E-state index contributed by atoms with van der Waals surface area (Å²) in [5.74, 6) is 0.123. The van der Waals surface area contributed by atoms with E-state index in [4.69, 9.17) is 0 Å². The molecule has 1 aromatic rings. The molecule has 0 aliphatic carbocycles. The standard InChI is InChI=1S/C11H18N6O3/c1-20-11(19)14-9-6-17(16-15-9)7-10(18)13-8-2-4-12-5-3-8/h6,8,12H,2-5,7H2,1H3,(H,13,18)(H,14,19). The molecule has 9 nitrogen and oxygen atoms in total. The molecule has 20 heavy (non-hydrogen) atoms. The van der Waals surface area contributed by atoms with Crippen LogP contribution in [0.1, 0.15) is 12.8 Å². The van der Waals surface area contributed by atoms with Gasteiger partial charge in [0, 0.05) is 6.04 Å². The van der Waals surface area contributed by atoms with Gasteiger partial charge in [-0.2, -0.15) is 0 Å². The van der Waals surface area contributed by atoms with E-state index in [0.29, 0.717) is 0 Å². The quantitative estimate of drug-likeness (QED) is 0.675. The number of amides is 2. The molecule has 0 spiro atoms. The molecule has 0 radical (unpaired) electrons. The molecule has 110 valence electrons. The molecule has 0 atom stereocenters. The summed E-state index contributed by atoms with van der Waals surface area (Å²) >= 11 is 0. The molecule has 1 aromatic heterocycles. The molecule has 1 saturated heterocycles. The van der Waals surface area contributed by atoms with E-state index in [1.54, 1.807) is 0 Å². The van der Waals surface area contributed by atoms with Crippen LogP contribution in [0, 0.1) is 0 Å². The van der Waals surface area contributed by atoms with E-state index in [2.05, 4.69) is 31.0 Å². The summed E-state index contributed by atoms with van der Waals surface area (Å²) in [7, 11) is 1.26. The average Bonchev–Trinajstić information content (AvgIpc) is 2.86. The number of nitrogens with zero attached hydrogens (tertiary/aromatic N) is 3. The number of anilines is 1. The van der Waals surface area contributed by atoms with Gasteiger partial charge in [-0.05, 0) is 25.9 Å². The van der Waals surface area contributed by atoms with Gasteiger partial charge in [0.1, 0.15) is 6.54 Å². The highest BCUT2D eigenvalue weighted by Crippen LogP contribution is 2.03. The van der Waals surface area contributed by atoms with Crippen molar-refractivity contribution >= 4 is 17.8 Å². The third-order valence-corrected chi connectivity index (χ3v) is 2.96. The first-order valence-electron chi connectivity index (χ1n) is 6.42. The fourth-order valence-corrected chi connectivity index (χ4v) is 1.98. The third-order valence-electron chi connectivity index (χ3n) is 2.96. The Hall–Kier alpha value is -2.16. The van der Waals surface area contributed by atoms with Gasteiger partial charge in [0.05, 0.1) is 13.3 Å². The molecule has 0 aromatic carbocycles. The van der Waals surface area contributed by atoms with E-state index in [-0.39, 0.29) is 24.3 Å². The number of hydrogen-bond donors (Lipinski definition) is 3. The number of rotatable bonds is 4. The van der Waals surface area contributed by atoms with E-state index in [0.717, 1.165) is 25.9 Å². The van der Waals surface area contributed by atoms with Gasteiger partial charge in [0.2, 0.25) is 5.91 Å². The van der Waals surface area contributed by atoms with Crippen molar-refractivity contribution in [3.05, 3.63) is 6.20 Å². The number of carbonyl (C=O) groups excluding carboxylic acids is 2. The predicted octanol–water partition coefficient (Wildman–Crippen LogP) is -0.675. The van der Waals surface area contributed by atoms with Crippen LogP contribution in [0.2, 0.25) is 0 Å². The minimum absolute atomic E-state index is 0.0692. The van der Waals surface area contributed by atoms with Crippen LogP contribution in [-0.4, -0.2) is 53.2 Å². The Morgan fingerprint density at radius 1 is 1.50 bits per heavy atom. The zero-order valence-corrected chi connectivity index (χ0v) is 11.3. The average molecular weight is 282 g/mol. The first kappa shape index (κ1) is 14.3. The van der Waals surface area contributed by atoms with E-state index in [9.17, 15) is 9.59 Å². The normalized spacial score (nSPS) is 15.7. The molecular formula is C11H18N6O3. The predicted molar refractivity (Wildman–Crippen MR) is 70.1 cm³/mol. The van der Waals surface area contributed by atoms with Crippen molar-refractivity contribution in [1.29, 1.82) is 0 Å². The van der Waals surface area contributed by atoms with Crippen LogP contribution >= 0.6 is 0 Å². The molecule has 0 saturated carbocycles. The Morgan fingerprint density at radius 3 is 2.95 bits per heavy atom. The minimum atomic E-state index is -0.629. The van der Waals surface area contributed by atoms with Gasteiger partial charge < -0.3 is 15.4 Å². The lowest BCUT2D eigenvalue weighted by Crippen LogP contribution is -2.43. The van der Waals surface area contributed by atoms with Gasteiger partial charge in [0.25, 0.3) is 0 Å². The van der Waals surface area contributed by atoms with Crippen LogP contribution in [0.5, 0.6) is 0 Å². The fraction of sp³-hybridized carbons (Fsp3) is 0.636. The van der Waals surface area contributed by atoms with Crippen molar-refractivity contribution in [3.63, 3.8) is 0 Å². The molecule has 1 aliphatic heterocycles. The summed E-state index contributed by atoms with van der Waals surface area (Å²) in [4.78, 5) is 22.8. The van der Waals surface area contributed by atoms with Gasteiger partial charge in [0.15, 0.2) is 5.82 Å². The van der Waals surface area contributed by atoms with Crippen LogP contribution < -0.4 is 16.0 Å². The molecule has 0 bridgehead atoms. The smallest absolute Gasteiger partial charge is 0.412 e. The fourth-order valence-electron chi connectivity index (χ4n) is 1.98. The van der Waals surface area contributed by atoms with Gasteiger partial charge in [-0.15, -0.1) is 5.10 Å². The number of ether oxygens (including phenoxy) is 1. The maximum atomic E-state index is 11.8. The van der Waals surface area contributed by atoms with Gasteiger partial charge in [-0.25, -0.2) is 9.48 Å². The maximum absolute atomic E-state index is 11.8. The summed E-state index contributed by atoms with van der Waals surface area (Å²) < 4.78 is 5.80. The van der Waals surface area contributed by atoms with Crippen LogP contribution in [0.4, 0.5) is 10.6 Å². The molecule has 2 rings (SSSR count). The lowest BCUT2D eigenvalue weighted by Gasteiger charge is -2.23. The summed E-state index contributed by atoms with van der Waals surface area (Å²) in [5.41, 5.74) is 0. The van der Waals surface area contributed by atoms with Crippen LogP contribution in [0.25, 0.3) is 0 Å². The first-order valence-corrected chi connectivity index (χ1v) is 6.42. The molecule has 1 fully saturated rings. The van der Waals surface area contributed by atoms with Crippen molar-refractivity contribution in [1.82, 2.24) is 25.6 Å². The molecule has 1 aliphatic rings. The zero-order valence-electron chi connectivity index (χ0n) is 11.3. The Bertz CT molecular complexity index is 468. The third kappa shape index (κ3) is 4.19. The molecule has 2 amide bonds. The Kier molecular flexibility index (Phi) is 4.88. The highest BCUT2D eigenvalue weighted by atomic mass is 16.5. The van der Waals surface area contributed by atoms with Crippen LogP contribution in [0.15, 0.2) is 6.20 Å². The number of nitrogens with one attached hydrogen (secondary N) is 3. The second kappa shape index (κ2) is 6.85. The summed E-state index contributed by atoms with van der Waals surface area (Å²) in [5, 5.41) is 16.0. The van der Waals surface area contributed by atoms with E-state index in [1.807, 2.05) is 0 Å². The van der Waals surface area contributed by atoms with Crippen LogP contribution in [-0.2, 0) is 16.1 Å². The van der Waals surface area contributed by atoms with E-state index in [1.165, 1.54) is 18.0 Å². The van der Waals surface area contributed by atoms with Crippen LogP contribution in [0.3, 0.4) is 0 Å². The first-order chi connectivity index (χ1) is 9.67. The Balaban J connectivity index is 1.80. The van der Waals surface area contributed by atoms with Crippen molar-refractivity contribution in [2.75, 3.05) is 25.5 Å². The van der Waals surface area contributed by atoms with Crippen molar-refractivity contribution < 1.29 is 14.3 Å². The summed E-state index contributed by atoms with van der Waals surface area (Å²) in [6, 6.07) is 0.208. The largest absolute Gasteiger partial charge is 0.453 e. The Labute approximate surface area is 116 Å². The Morgan fingerprint density at radius 2 is 2.25 bits per heavy atom. The van der Waals surface area contributed by atoms with Gasteiger partial charge in [-0.3, -0.25) is 10.1 Å². The number of piperidine rings is 1. The SMILES string of the molecule is COC(=O)Nc1cn(CC(=O)NC2CCNCC2)nn1. The van der Waals surface area contributed by atoms with Gasteiger partial charge >= 0.3 is 6.09 Å². The lowest BCUT2D eigenvalue weighted by atomic mass is 10.1. The van der Waals surface area contributed by atoms with Crippen molar-refractivity contribution in [3.8, 4) is 0 Å². The number of aromatic nitrogens is 3. The molecule has 3 N–H and O–H groups in total. The molecule has 2 heterocycles. The minimum Gasteiger partial charge on any atom is -0.453 e. The summed E-state index contributed by atoms with van der Waals surface area (Å²) in [6.07, 6.45) is 2.70. The van der Waals surface area contributed by atoms with E-state index < -0.39 is 6.09 Å². The maximum Gasteiger partial charge on any atom is 0.412 e. The topological polar surface area (TPSA) is 110 Å². The second-order valence-electron chi connectivity index (χ2n) is 4.51. The van der Waals surface area contributed by atoms with Gasteiger partial charge in [-0.1, -0.05) is 5.21 Å². The zero-order chi connectivity index (χ0) is 14.4. The molecule has 0 unspecified atom stereocenters. The second-order valence-corrected chi connectivity index (χ2v) is 4.51. The lowest BCUT2D eigenvalue weighted by molar-refractivity contribution is -0.122. The molecule has 9 heteroatoms. The highest BCUT2D eigenvalue weighted by molar-refractivity contribution is 5.82. The number of methoxy groups -OCH3 is 1. The van der Waals surface area contributed by atoms with E-state index >= 15 is 0 Å². The highest BCUT2D eigenvalue weighted by Gasteiger charge is 2.16. The number of carbonyl (C=O) groups is 2. The number of hydrogen-bond acceptors (Lipinski definition) is 6.